The molecule has 3 N–H and O–H groups in total. The van der Waals surface area contributed by atoms with Crippen LogP contribution in [0.3, 0.4) is 0 Å². The standard InChI is InChI=1S/C10H11F3O4S/c11-10(12,13)17-5-1-2-6(7(14)3-5)9(16)8(15)4-18/h1-3,8-9,14-16,18H,4H2. The normalized spacial score (nSPS) is 15.2. The number of hydrogen-bond donors (Lipinski definition) is 4. The number of hydrogen-bond acceptors (Lipinski definition) is 5. The summed E-state index contributed by atoms with van der Waals surface area (Å²) in [7, 11) is 0. The first kappa shape index (κ1) is 14.9. The Bertz CT molecular complexity index is 411. The predicted molar refractivity (Wildman–Crippen MR) is 59.6 cm³/mol. The van der Waals surface area contributed by atoms with Gasteiger partial charge in [-0.2, -0.15) is 12.6 Å². The van der Waals surface area contributed by atoms with Crippen molar-refractivity contribution < 1.29 is 33.2 Å². The Morgan fingerprint density at radius 2 is 1.89 bits per heavy atom. The minimum Gasteiger partial charge on any atom is -0.507 e. The predicted octanol–water partition coefficient (Wildman–Crippen LogP) is 1.61. The Labute approximate surface area is 106 Å². The summed E-state index contributed by atoms with van der Waals surface area (Å²) < 4.78 is 39.3. The van der Waals surface area contributed by atoms with Crippen LogP contribution < -0.4 is 4.74 Å². The monoisotopic (exact) mass is 284 g/mol. The van der Waals surface area contributed by atoms with Crippen LogP contribution in [0.4, 0.5) is 13.2 Å². The van der Waals surface area contributed by atoms with E-state index in [0.717, 1.165) is 12.1 Å². The number of aliphatic hydroxyl groups is 2. The quantitative estimate of drug-likeness (QED) is 0.634. The van der Waals surface area contributed by atoms with Gasteiger partial charge in [0, 0.05) is 17.4 Å². The van der Waals surface area contributed by atoms with Gasteiger partial charge >= 0.3 is 6.36 Å². The molecule has 0 saturated heterocycles. The molecule has 0 aliphatic rings. The summed E-state index contributed by atoms with van der Waals surface area (Å²) >= 11 is 3.75. The van der Waals surface area contributed by atoms with Gasteiger partial charge in [0.2, 0.25) is 0 Å². The smallest absolute Gasteiger partial charge is 0.507 e. The summed E-state index contributed by atoms with van der Waals surface area (Å²) in [6, 6.07) is 2.67. The van der Waals surface area contributed by atoms with Crippen LogP contribution in [-0.2, 0) is 0 Å². The molecular formula is C10H11F3O4S. The van der Waals surface area contributed by atoms with Crippen LogP contribution in [0.15, 0.2) is 18.2 Å². The van der Waals surface area contributed by atoms with Gasteiger partial charge < -0.3 is 20.1 Å². The van der Waals surface area contributed by atoms with Gasteiger partial charge in [0.1, 0.15) is 17.6 Å². The molecule has 0 aliphatic carbocycles. The number of rotatable bonds is 4. The van der Waals surface area contributed by atoms with Crippen molar-refractivity contribution in [3.8, 4) is 11.5 Å². The van der Waals surface area contributed by atoms with Crippen molar-refractivity contribution in [2.24, 2.45) is 0 Å². The van der Waals surface area contributed by atoms with Crippen molar-refractivity contribution in [2.45, 2.75) is 18.6 Å². The van der Waals surface area contributed by atoms with E-state index in [1.165, 1.54) is 0 Å². The van der Waals surface area contributed by atoms with Gasteiger partial charge in [-0.05, 0) is 12.1 Å². The zero-order valence-corrected chi connectivity index (χ0v) is 9.82. The number of phenols is 1. The van der Waals surface area contributed by atoms with Gasteiger partial charge in [-0.15, -0.1) is 13.2 Å². The fourth-order valence-electron chi connectivity index (χ4n) is 1.28. The Balaban J connectivity index is 2.92. The first-order valence-electron chi connectivity index (χ1n) is 4.80. The summed E-state index contributed by atoms with van der Waals surface area (Å²) in [6.07, 6.45) is -7.55. The number of ether oxygens (including phenoxy) is 1. The first-order chi connectivity index (χ1) is 8.24. The number of thiol groups is 1. The van der Waals surface area contributed by atoms with Gasteiger partial charge in [0.25, 0.3) is 0 Å². The minimum absolute atomic E-state index is 0.0680. The molecule has 1 rings (SSSR count). The van der Waals surface area contributed by atoms with E-state index in [0.29, 0.717) is 6.07 Å². The number of aliphatic hydroxyl groups excluding tert-OH is 2. The fraction of sp³-hybridized carbons (Fsp3) is 0.400. The van der Waals surface area contributed by atoms with E-state index >= 15 is 0 Å². The van der Waals surface area contributed by atoms with E-state index in [4.69, 9.17) is 0 Å². The zero-order chi connectivity index (χ0) is 13.9. The summed E-state index contributed by atoms with van der Waals surface area (Å²) in [5.74, 6) is -1.29. The first-order valence-corrected chi connectivity index (χ1v) is 5.43. The average molecular weight is 284 g/mol. The Kier molecular flexibility index (Phi) is 4.71. The molecule has 0 aromatic heterocycles. The van der Waals surface area contributed by atoms with Crippen LogP contribution >= 0.6 is 12.6 Å². The van der Waals surface area contributed by atoms with E-state index in [-0.39, 0.29) is 11.3 Å². The lowest BCUT2D eigenvalue weighted by Gasteiger charge is -2.18. The maximum atomic E-state index is 11.9. The maximum absolute atomic E-state index is 11.9. The molecule has 2 unspecified atom stereocenters. The molecule has 0 fully saturated rings. The molecule has 0 heterocycles. The lowest BCUT2D eigenvalue weighted by molar-refractivity contribution is -0.274. The van der Waals surface area contributed by atoms with Gasteiger partial charge in [0.15, 0.2) is 0 Å². The van der Waals surface area contributed by atoms with Crippen LogP contribution in [0, 0.1) is 0 Å². The zero-order valence-electron chi connectivity index (χ0n) is 8.92. The van der Waals surface area contributed by atoms with Gasteiger partial charge in [-0.25, -0.2) is 0 Å². The summed E-state index contributed by atoms with van der Waals surface area (Å²) in [6.45, 7) is 0. The number of alkyl halides is 3. The lowest BCUT2D eigenvalue weighted by atomic mass is 10.0. The van der Waals surface area contributed by atoms with Crippen molar-refractivity contribution in [2.75, 3.05) is 5.75 Å². The molecule has 0 saturated carbocycles. The molecule has 0 amide bonds. The van der Waals surface area contributed by atoms with Gasteiger partial charge in [-0.3, -0.25) is 0 Å². The third-order valence-electron chi connectivity index (χ3n) is 2.11. The molecule has 0 aliphatic heterocycles. The average Bonchev–Trinajstić information content (AvgIpc) is 2.25. The van der Waals surface area contributed by atoms with Crippen LogP contribution in [0.25, 0.3) is 0 Å². The topological polar surface area (TPSA) is 69.9 Å². The van der Waals surface area contributed by atoms with Gasteiger partial charge in [0.05, 0.1) is 6.10 Å². The molecule has 102 valence electrons. The second-order valence-electron chi connectivity index (χ2n) is 3.46. The van der Waals surface area contributed by atoms with Crippen LogP contribution in [-0.4, -0.2) is 33.5 Å². The summed E-state index contributed by atoms with van der Waals surface area (Å²) in [4.78, 5) is 0. The molecule has 0 bridgehead atoms. The lowest BCUT2D eigenvalue weighted by Crippen LogP contribution is -2.20. The summed E-state index contributed by atoms with van der Waals surface area (Å²) in [5, 5.41) is 28.3. The third kappa shape index (κ3) is 3.97. The molecular weight excluding hydrogens is 273 g/mol. The summed E-state index contributed by atoms with van der Waals surface area (Å²) in [5.41, 5.74) is -0.105. The molecule has 0 spiro atoms. The molecule has 1 aromatic rings. The minimum atomic E-state index is -4.86. The fourth-order valence-corrected chi connectivity index (χ4v) is 1.48. The van der Waals surface area contributed by atoms with Crippen molar-refractivity contribution in [3.63, 3.8) is 0 Å². The van der Waals surface area contributed by atoms with E-state index in [1.54, 1.807) is 0 Å². The molecule has 4 nitrogen and oxygen atoms in total. The van der Waals surface area contributed by atoms with Crippen molar-refractivity contribution in [1.29, 1.82) is 0 Å². The number of aromatic hydroxyl groups is 1. The number of phenolic OH excluding ortho intramolecular Hbond substituents is 1. The number of benzene rings is 1. The van der Waals surface area contributed by atoms with Crippen molar-refractivity contribution in [3.05, 3.63) is 23.8 Å². The highest BCUT2D eigenvalue weighted by Crippen LogP contribution is 2.32. The van der Waals surface area contributed by atoms with Crippen molar-refractivity contribution >= 4 is 12.6 Å². The highest BCUT2D eigenvalue weighted by atomic mass is 32.1. The molecule has 8 heteroatoms. The maximum Gasteiger partial charge on any atom is 0.573 e. The van der Waals surface area contributed by atoms with Crippen LogP contribution in [0.5, 0.6) is 11.5 Å². The highest BCUT2D eigenvalue weighted by Gasteiger charge is 2.31. The van der Waals surface area contributed by atoms with E-state index in [9.17, 15) is 28.5 Å². The van der Waals surface area contributed by atoms with Crippen LogP contribution in [0.1, 0.15) is 11.7 Å². The molecule has 1 aromatic carbocycles. The van der Waals surface area contributed by atoms with E-state index in [2.05, 4.69) is 17.4 Å². The molecule has 18 heavy (non-hydrogen) atoms. The molecule has 0 radical (unpaired) electrons. The van der Waals surface area contributed by atoms with E-state index < -0.39 is 30.1 Å². The Morgan fingerprint density at radius 1 is 1.28 bits per heavy atom. The molecule has 2 atom stereocenters. The van der Waals surface area contributed by atoms with Crippen LogP contribution in [0.2, 0.25) is 0 Å². The van der Waals surface area contributed by atoms with Crippen molar-refractivity contribution in [1.82, 2.24) is 0 Å². The highest BCUT2D eigenvalue weighted by molar-refractivity contribution is 7.80. The SMILES string of the molecule is Oc1cc(OC(F)(F)F)ccc1C(O)C(O)CS. The Hall–Kier alpha value is -1.12. The third-order valence-corrected chi connectivity index (χ3v) is 2.48. The Morgan fingerprint density at radius 3 is 2.33 bits per heavy atom. The largest absolute Gasteiger partial charge is 0.573 e. The van der Waals surface area contributed by atoms with Gasteiger partial charge in [-0.1, -0.05) is 0 Å². The second kappa shape index (κ2) is 5.68. The second-order valence-corrected chi connectivity index (χ2v) is 3.83. The number of halogens is 3. The van der Waals surface area contributed by atoms with E-state index in [1.807, 2.05) is 0 Å².